The van der Waals surface area contributed by atoms with E-state index >= 15 is 0 Å². The zero-order chi connectivity index (χ0) is 12.0. The maximum Gasteiger partial charge on any atom is 0.0292 e. The molecule has 0 bridgehead atoms. The van der Waals surface area contributed by atoms with Crippen LogP contribution in [0, 0.1) is 5.92 Å². The van der Waals surface area contributed by atoms with Crippen LogP contribution in [-0.4, -0.2) is 6.54 Å². The maximum atomic E-state index is 3.59. The molecule has 0 saturated carbocycles. The second-order valence-corrected chi connectivity index (χ2v) is 5.49. The van der Waals surface area contributed by atoms with Crippen molar-refractivity contribution in [1.82, 2.24) is 5.32 Å². The third kappa shape index (κ3) is 4.67. The number of halogens is 1. The van der Waals surface area contributed by atoms with Crippen LogP contribution < -0.4 is 5.32 Å². The van der Waals surface area contributed by atoms with Gasteiger partial charge in [0, 0.05) is 10.5 Å². The van der Waals surface area contributed by atoms with Gasteiger partial charge in [0.2, 0.25) is 0 Å². The lowest BCUT2D eigenvalue weighted by molar-refractivity contribution is 0.444. The van der Waals surface area contributed by atoms with Crippen molar-refractivity contribution in [3.05, 3.63) is 34.3 Å². The van der Waals surface area contributed by atoms with E-state index in [1.807, 2.05) is 0 Å². The highest BCUT2D eigenvalue weighted by atomic mass is 79.9. The topological polar surface area (TPSA) is 12.0 Å². The molecule has 0 aromatic heterocycles. The van der Waals surface area contributed by atoms with Crippen molar-refractivity contribution in [3.63, 3.8) is 0 Å². The van der Waals surface area contributed by atoms with Gasteiger partial charge >= 0.3 is 0 Å². The maximum absolute atomic E-state index is 3.59. The molecule has 90 valence electrons. The molecule has 2 heteroatoms. The molecule has 0 aliphatic heterocycles. The van der Waals surface area contributed by atoms with Gasteiger partial charge in [-0.1, -0.05) is 48.3 Å². The van der Waals surface area contributed by atoms with E-state index in [0.29, 0.717) is 6.04 Å². The van der Waals surface area contributed by atoms with E-state index in [-0.39, 0.29) is 0 Å². The van der Waals surface area contributed by atoms with Crippen LogP contribution in [0.15, 0.2) is 28.7 Å². The third-order valence-corrected chi connectivity index (χ3v) is 3.40. The minimum absolute atomic E-state index is 0.428. The molecular weight excluding hydrogens is 262 g/mol. The van der Waals surface area contributed by atoms with Crippen molar-refractivity contribution in [2.24, 2.45) is 5.92 Å². The first kappa shape index (κ1) is 13.7. The molecule has 16 heavy (non-hydrogen) atoms. The molecule has 1 aromatic rings. The van der Waals surface area contributed by atoms with Crippen LogP contribution in [0.25, 0.3) is 0 Å². The first-order valence-corrected chi connectivity index (χ1v) is 6.91. The van der Waals surface area contributed by atoms with Crippen molar-refractivity contribution in [2.45, 2.75) is 39.7 Å². The van der Waals surface area contributed by atoms with Gasteiger partial charge in [0.25, 0.3) is 0 Å². The summed E-state index contributed by atoms with van der Waals surface area (Å²) >= 11 is 3.51. The molecule has 0 fully saturated rings. The highest BCUT2D eigenvalue weighted by Crippen LogP contribution is 2.18. The van der Waals surface area contributed by atoms with E-state index < -0.39 is 0 Å². The van der Waals surface area contributed by atoms with Crippen LogP contribution in [0.2, 0.25) is 0 Å². The van der Waals surface area contributed by atoms with Crippen molar-refractivity contribution in [1.29, 1.82) is 0 Å². The zero-order valence-corrected chi connectivity index (χ0v) is 12.0. The molecule has 1 nitrogen and oxygen atoms in total. The average Bonchev–Trinajstić information content (AvgIpc) is 2.26. The Hall–Kier alpha value is -0.340. The largest absolute Gasteiger partial charge is 0.310 e. The van der Waals surface area contributed by atoms with Gasteiger partial charge < -0.3 is 5.32 Å². The molecule has 0 radical (unpaired) electrons. The van der Waals surface area contributed by atoms with Crippen LogP contribution in [0.5, 0.6) is 0 Å². The molecule has 0 spiro atoms. The number of hydrogen-bond donors (Lipinski definition) is 1. The van der Waals surface area contributed by atoms with E-state index in [0.717, 1.165) is 16.9 Å². The van der Waals surface area contributed by atoms with Gasteiger partial charge in [-0.2, -0.15) is 0 Å². The molecule has 0 heterocycles. The number of rotatable bonds is 6. The molecule has 0 aliphatic rings. The number of nitrogens with one attached hydrogen (secondary N) is 1. The predicted molar refractivity (Wildman–Crippen MR) is 74.6 cm³/mol. The summed E-state index contributed by atoms with van der Waals surface area (Å²) in [5, 5.41) is 3.59. The molecule has 0 aliphatic carbocycles. The molecule has 1 rings (SSSR count). The minimum atomic E-state index is 0.428. The second-order valence-electron chi connectivity index (χ2n) is 4.58. The van der Waals surface area contributed by atoms with Gasteiger partial charge in [-0.25, -0.2) is 0 Å². The monoisotopic (exact) mass is 283 g/mol. The van der Waals surface area contributed by atoms with Crippen LogP contribution in [-0.2, 0) is 0 Å². The van der Waals surface area contributed by atoms with Gasteiger partial charge in [-0.15, -0.1) is 0 Å². The Bertz CT molecular complexity index is 311. The van der Waals surface area contributed by atoms with E-state index in [4.69, 9.17) is 0 Å². The quantitative estimate of drug-likeness (QED) is 0.809. The van der Waals surface area contributed by atoms with E-state index in [1.165, 1.54) is 18.4 Å². The van der Waals surface area contributed by atoms with Gasteiger partial charge in [-0.05, 0) is 43.5 Å². The van der Waals surface area contributed by atoms with E-state index in [1.54, 1.807) is 0 Å². The summed E-state index contributed by atoms with van der Waals surface area (Å²) in [5.41, 5.74) is 1.35. The summed E-state index contributed by atoms with van der Waals surface area (Å²) in [6.07, 6.45) is 2.58. The number of benzene rings is 1. The van der Waals surface area contributed by atoms with Crippen LogP contribution >= 0.6 is 15.9 Å². The van der Waals surface area contributed by atoms with Gasteiger partial charge in [0.15, 0.2) is 0 Å². The normalized spacial score (nSPS) is 14.8. The van der Waals surface area contributed by atoms with Gasteiger partial charge in [0.1, 0.15) is 0 Å². The lowest BCUT2D eigenvalue weighted by Gasteiger charge is -2.18. The first-order valence-electron chi connectivity index (χ1n) is 6.12. The summed E-state index contributed by atoms with van der Waals surface area (Å²) < 4.78 is 1.15. The average molecular weight is 284 g/mol. The first-order chi connectivity index (χ1) is 7.63. The lowest BCUT2D eigenvalue weighted by Crippen LogP contribution is -2.24. The van der Waals surface area contributed by atoms with Gasteiger partial charge in [0.05, 0.1) is 0 Å². The molecule has 1 aromatic carbocycles. The van der Waals surface area contributed by atoms with E-state index in [2.05, 4.69) is 66.3 Å². The smallest absolute Gasteiger partial charge is 0.0292 e. The summed E-state index contributed by atoms with van der Waals surface area (Å²) in [7, 11) is 0. The second kappa shape index (κ2) is 7.08. The Morgan fingerprint density at radius 1 is 1.31 bits per heavy atom. The molecule has 1 N–H and O–H groups in total. The van der Waals surface area contributed by atoms with Gasteiger partial charge in [-0.3, -0.25) is 0 Å². The minimum Gasteiger partial charge on any atom is -0.310 e. The Balaban J connectivity index is 2.43. The van der Waals surface area contributed by atoms with Crippen molar-refractivity contribution in [2.75, 3.05) is 6.54 Å². The molecule has 0 amide bonds. The van der Waals surface area contributed by atoms with Crippen molar-refractivity contribution < 1.29 is 0 Å². The van der Waals surface area contributed by atoms with Crippen LogP contribution in [0.4, 0.5) is 0 Å². The Kier molecular flexibility index (Phi) is 6.07. The fourth-order valence-corrected chi connectivity index (χ4v) is 2.28. The molecular formula is C14H22BrN. The van der Waals surface area contributed by atoms with E-state index in [9.17, 15) is 0 Å². The summed E-state index contributed by atoms with van der Waals surface area (Å²) in [4.78, 5) is 0. The van der Waals surface area contributed by atoms with Crippen molar-refractivity contribution in [3.8, 4) is 0 Å². The Labute approximate surface area is 108 Å². The summed E-state index contributed by atoms with van der Waals surface area (Å²) in [6.45, 7) is 7.88. The van der Waals surface area contributed by atoms with Crippen LogP contribution in [0.3, 0.4) is 0 Å². The Morgan fingerprint density at radius 2 is 2.06 bits per heavy atom. The fourth-order valence-electron chi connectivity index (χ4n) is 1.87. The zero-order valence-electron chi connectivity index (χ0n) is 10.5. The standard InChI is InChI=1S/C14H22BrN/c1-4-6-11(2)10-16-12(3)13-7-5-8-14(15)9-13/h5,7-9,11-12,16H,4,6,10H2,1-3H3/t11?,12-/m1/s1. The Morgan fingerprint density at radius 3 is 2.69 bits per heavy atom. The fraction of sp³-hybridized carbons (Fsp3) is 0.571. The highest BCUT2D eigenvalue weighted by Gasteiger charge is 2.07. The number of hydrogen-bond acceptors (Lipinski definition) is 1. The highest BCUT2D eigenvalue weighted by molar-refractivity contribution is 9.10. The molecule has 1 unspecified atom stereocenters. The molecule has 2 atom stereocenters. The van der Waals surface area contributed by atoms with Crippen molar-refractivity contribution >= 4 is 15.9 Å². The third-order valence-electron chi connectivity index (χ3n) is 2.90. The lowest BCUT2D eigenvalue weighted by atomic mass is 10.0. The molecule has 0 saturated heterocycles. The SMILES string of the molecule is CCCC(C)CN[C@H](C)c1cccc(Br)c1. The van der Waals surface area contributed by atoms with Crippen LogP contribution in [0.1, 0.15) is 45.2 Å². The summed E-state index contributed by atoms with van der Waals surface area (Å²) in [6, 6.07) is 8.94. The predicted octanol–water partition coefficient (Wildman–Crippen LogP) is 4.54. The summed E-state index contributed by atoms with van der Waals surface area (Å²) in [5.74, 6) is 0.764.